The molecule has 0 bridgehead atoms. The summed E-state index contributed by atoms with van der Waals surface area (Å²) in [6.07, 6.45) is 0. The lowest BCUT2D eigenvalue weighted by Gasteiger charge is -2.16. The van der Waals surface area contributed by atoms with Gasteiger partial charge in [0.1, 0.15) is 0 Å². The first-order chi connectivity index (χ1) is 8.52. The molecule has 0 aromatic heterocycles. The van der Waals surface area contributed by atoms with E-state index in [4.69, 9.17) is 14.7 Å². The highest BCUT2D eigenvalue weighted by Crippen LogP contribution is 2.39. The van der Waals surface area contributed by atoms with Crippen molar-refractivity contribution in [3.05, 3.63) is 22.2 Å². The van der Waals surface area contributed by atoms with Gasteiger partial charge in [-0.25, -0.2) is 0 Å². The Balaban J connectivity index is 1.99. The van der Waals surface area contributed by atoms with E-state index in [0.29, 0.717) is 13.1 Å². The van der Waals surface area contributed by atoms with Crippen LogP contribution in [-0.2, 0) is 6.54 Å². The fourth-order valence-electron chi connectivity index (χ4n) is 1.68. The van der Waals surface area contributed by atoms with E-state index in [9.17, 15) is 0 Å². The van der Waals surface area contributed by atoms with Crippen molar-refractivity contribution >= 4 is 15.9 Å². The molecule has 18 heavy (non-hydrogen) atoms. The van der Waals surface area contributed by atoms with Crippen LogP contribution in [0.3, 0.4) is 0 Å². The van der Waals surface area contributed by atoms with Crippen LogP contribution in [0, 0.1) is 16.7 Å². The van der Waals surface area contributed by atoms with Crippen molar-refractivity contribution < 1.29 is 9.47 Å². The lowest BCUT2D eigenvalue weighted by Crippen LogP contribution is -2.27. The summed E-state index contributed by atoms with van der Waals surface area (Å²) in [5.74, 6) is 1.52. The molecule has 0 radical (unpaired) electrons. The molecule has 1 aliphatic heterocycles. The van der Waals surface area contributed by atoms with Crippen LogP contribution < -0.4 is 14.8 Å². The summed E-state index contributed by atoms with van der Waals surface area (Å²) >= 11 is 3.46. The Hall–Kier alpha value is -1.25. The van der Waals surface area contributed by atoms with E-state index in [-0.39, 0.29) is 12.2 Å². The zero-order valence-electron chi connectivity index (χ0n) is 10.4. The Labute approximate surface area is 115 Å². The van der Waals surface area contributed by atoms with Crippen molar-refractivity contribution in [2.45, 2.75) is 20.4 Å². The second-order valence-electron chi connectivity index (χ2n) is 4.91. The lowest BCUT2D eigenvalue weighted by atomic mass is 9.96. The van der Waals surface area contributed by atoms with Gasteiger partial charge in [-0.05, 0) is 47.5 Å². The van der Waals surface area contributed by atoms with Gasteiger partial charge in [-0.3, -0.25) is 0 Å². The number of nitrogens with one attached hydrogen (secondary N) is 1. The van der Waals surface area contributed by atoms with Gasteiger partial charge in [-0.1, -0.05) is 0 Å². The van der Waals surface area contributed by atoms with Gasteiger partial charge in [0.2, 0.25) is 6.79 Å². The molecule has 0 saturated carbocycles. The number of halogens is 1. The number of rotatable bonds is 4. The van der Waals surface area contributed by atoms with Crippen LogP contribution in [0.5, 0.6) is 11.5 Å². The van der Waals surface area contributed by atoms with Gasteiger partial charge in [-0.2, -0.15) is 5.26 Å². The molecule has 0 saturated heterocycles. The van der Waals surface area contributed by atoms with E-state index in [2.05, 4.69) is 27.3 Å². The van der Waals surface area contributed by atoms with Crippen molar-refractivity contribution in [2.24, 2.45) is 5.41 Å². The van der Waals surface area contributed by atoms with Crippen molar-refractivity contribution in [3.63, 3.8) is 0 Å². The third-order valence-corrected chi connectivity index (χ3v) is 3.27. The predicted molar refractivity (Wildman–Crippen MR) is 71.4 cm³/mol. The van der Waals surface area contributed by atoms with Crippen LogP contribution in [0.25, 0.3) is 0 Å². The maximum absolute atomic E-state index is 8.93. The molecule has 0 fully saturated rings. The maximum atomic E-state index is 8.93. The van der Waals surface area contributed by atoms with E-state index in [1.54, 1.807) is 0 Å². The van der Waals surface area contributed by atoms with Crippen LogP contribution in [0.15, 0.2) is 16.6 Å². The fourth-order valence-corrected chi connectivity index (χ4v) is 2.29. The van der Waals surface area contributed by atoms with Crippen molar-refractivity contribution in [1.82, 2.24) is 5.32 Å². The van der Waals surface area contributed by atoms with Gasteiger partial charge >= 0.3 is 0 Å². The quantitative estimate of drug-likeness (QED) is 0.929. The Morgan fingerprint density at radius 3 is 2.94 bits per heavy atom. The Kier molecular flexibility index (Phi) is 3.79. The third-order valence-electron chi connectivity index (χ3n) is 2.69. The van der Waals surface area contributed by atoms with E-state index >= 15 is 0 Å². The fraction of sp³-hybridized carbons (Fsp3) is 0.462. The molecule has 5 heteroatoms. The van der Waals surface area contributed by atoms with Crippen LogP contribution in [-0.4, -0.2) is 13.3 Å². The highest BCUT2D eigenvalue weighted by atomic mass is 79.9. The number of nitrogens with zero attached hydrogens (tertiary/aromatic N) is 1. The first-order valence-electron chi connectivity index (χ1n) is 5.72. The Morgan fingerprint density at radius 1 is 1.44 bits per heavy atom. The van der Waals surface area contributed by atoms with Gasteiger partial charge < -0.3 is 14.8 Å². The molecular formula is C13H15BrN2O2. The lowest BCUT2D eigenvalue weighted by molar-refractivity contribution is 0.173. The second-order valence-corrected chi connectivity index (χ2v) is 5.77. The zero-order valence-corrected chi connectivity index (χ0v) is 12.0. The summed E-state index contributed by atoms with van der Waals surface area (Å²) in [5, 5.41) is 12.2. The predicted octanol–water partition coefficient (Wildman–Crippen LogP) is 2.82. The molecule has 2 rings (SSSR count). The first kappa shape index (κ1) is 13.2. The molecule has 0 spiro atoms. The molecule has 1 aromatic carbocycles. The number of nitriles is 1. The van der Waals surface area contributed by atoms with E-state index in [0.717, 1.165) is 21.5 Å². The van der Waals surface area contributed by atoms with Gasteiger partial charge in [-0.15, -0.1) is 0 Å². The summed E-state index contributed by atoms with van der Waals surface area (Å²) in [5.41, 5.74) is 0.743. The molecule has 0 atom stereocenters. The first-order valence-corrected chi connectivity index (χ1v) is 6.51. The molecule has 1 aliphatic rings. The standard InChI is InChI=1S/C13H15BrN2O2/c1-13(2,6-15)7-16-5-9-3-10(14)12-11(4-9)17-8-18-12/h3-4,16H,5,7-8H2,1-2H3. The van der Waals surface area contributed by atoms with Crippen LogP contribution in [0.1, 0.15) is 19.4 Å². The highest BCUT2D eigenvalue weighted by Gasteiger charge is 2.19. The summed E-state index contributed by atoms with van der Waals surface area (Å²) in [4.78, 5) is 0. The van der Waals surface area contributed by atoms with Crippen molar-refractivity contribution in [3.8, 4) is 17.6 Å². The molecule has 96 valence electrons. The molecule has 4 nitrogen and oxygen atoms in total. The maximum Gasteiger partial charge on any atom is 0.231 e. The highest BCUT2D eigenvalue weighted by molar-refractivity contribution is 9.10. The zero-order chi connectivity index (χ0) is 13.2. The number of benzene rings is 1. The third kappa shape index (κ3) is 2.95. The minimum atomic E-state index is -0.354. The summed E-state index contributed by atoms with van der Waals surface area (Å²) in [7, 11) is 0. The monoisotopic (exact) mass is 310 g/mol. The Morgan fingerprint density at radius 2 is 2.22 bits per heavy atom. The van der Waals surface area contributed by atoms with Crippen LogP contribution in [0.2, 0.25) is 0 Å². The Bertz CT molecular complexity index is 494. The van der Waals surface area contributed by atoms with E-state index in [1.165, 1.54) is 0 Å². The second kappa shape index (κ2) is 5.17. The molecule has 0 amide bonds. The average Bonchev–Trinajstić information content (AvgIpc) is 2.77. The van der Waals surface area contributed by atoms with E-state index < -0.39 is 0 Å². The number of hydrogen-bond acceptors (Lipinski definition) is 4. The van der Waals surface area contributed by atoms with Gasteiger partial charge in [0.25, 0.3) is 0 Å². The number of fused-ring (bicyclic) bond motifs is 1. The minimum Gasteiger partial charge on any atom is -0.454 e. The smallest absolute Gasteiger partial charge is 0.231 e. The molecule has 1 heterocycles. The SMILES string of the molecule is CC(C)(C#N)CNCc1cc(Br)c2c(c1)OCO2. The average molecular weight is 311 g/mol. The topological polar surface area (TPSA) is 54.3 Å². The number of hydrogen-bond donors (Lipinski definition) is 1. The molecule has 0 unspecified atom stereocenters. The number of ether oxygens (including phenoxy) is 2. The molecule has 1 aromatic rings. The normalized spacial score (nSPS) is 13.4. The summed E-state index contributed by atoms with van der Waals surface area (Å²) in [6.45, 7) is 5.44. The van der Waals surface area contributed by atoms with E-state index in [1.807, 2.05) is 26.0 Å². The molecule has 1 N–H and O–H groups in total. The largest absolute Gasteiger partial charge is 0.454 e. The van der Waals surface area contributed by atoms with Gasteiger partial charge in [0.05, 0.1) is 16.0 Å². The summed E-state index contributed by atoms with van der Waals surface area (Å²) in [6, 6.07) is 6.22. The van der Waals surface area contributed by atoms with Crippen LogP contribution in [0.4, 0.5) is 0 Å². The van der Waals surface area contributed by atoms with Crippen LogP contribution >= 0.6 is 15.9 Å². The molecule has 0 aliphatic carbocycles. The van der Waals surface area contributed by atoms with Crippen molar-refractivity contribution in [2.75, 3.05) is 13.3 Å². The summed E-state index contributed by atoms with van der Waals surface area (Å²) < 4.78 is 11.6. The van der Waals surface area contributed by atoms with Crippen molar-refractivity contribution in [1.29, 1.82) is 5.26 Å². The minimum absolute atomic E-state index is 0.270. The molecular weight excluding hydrogens is 296 g/mol. The van der Waals surface area contributed by atoms with Gasteiger partial charge in [0, 0.05) is 13.1 Å². The van der Waals surface area contributed by atoms with Gasteiger partial charge in [0.15, 0.2) is 11.5 Å².